The van der Waals surface area contributed by atoms with Gasteiger partial charge in [0, 0.05) is 18.8 Å². The van der Waals surface area contributed by atoms with E-state index in [2.05, 4.69) is 17.3 Å². The fraction of sp³-hybridized carbons (Fsp3) is 0.462. The highest BCUT2D eigenvalue weighted by Gasteiger charge is 2.21. The van der Waals surface area contributed by atoms with Crippen LogP contribution in [0.1, 0.15) is 16.8 Å². The van der Waals surface area contributed by atoms with Crippen LogP contribution in [-0.4, -0.2) is 37.5 Å². The SMILES string of the molecule is CN1CCC(CNC(=O)c2c(N)cccc2Cl)C1. The van der Waals surface area contributed by atoms with Crippen molar-refractivity contribution in [3.05, 3.63) is 28.8 Å². The number of halogens is 1. The molecule has 0 radical (unpaired) electrons. The number of nitrogens with one attached hydrogen (secondary N) is 1. The zero-order valence-electron chi connectivity index (χ0n) is 10.4. The number of benzene rings is 1. The van der Waals surface area contributed by atoms with Crippen molar-refractivity contribution in [1.82, 2.24) is 10.2 Å². The molecule has 5 heteroatoms. The van der Waals surface area contributed by atoms with E-state index in [-0.39, 0.29) is 5.91 Å². The Labute approximate surface area is 112 Å². The smallest absolute Gasteiger partial charge is 0.254 e. The van der Waals surface area contributed by atoms with E-state index in [0.717, 1.165) is 19.5 Å². The second kappa shape index (κ2) is 5.59. The minimum Gasteiger partial charge on any atom is -0.398 e. The number of likely N-dealkylation sites (tertiary alicyclic amines) is 1. The van der Waals surface area contributed by atoms with Crippen LogP contribution in [0.15, 0.2) is 18.2 Å². The molecule has 3 N–H and O–H groups in total. The van der Waals surface area contributed by atoms with Crippen molar-refractivity contribution >= 4 is 23.2 Å². The zero-order chi connectivity index (χ0) is 13.1. The fourth-order valence-electron chi connectivity index (χ4n) is 2.30. The van der Waals surface area contributed by atoms with Crippen molar-refractivity contribution in [3.8, 4) is 0 Å². The van der Waals surface area contributed by atoms with Gasteiger partial charge in [-0.15, -0.1) is 0 Å². The molecule has 0 spiro atoms. The summed E-state index contributed by atoms with van der Waals surface area (Å²) in [5.41, 5.74) is 6.57. The van der Waals surface area contributed by atoms with E-state index in [1.54, 1.807) is 18.2 Å². The van der Waals surface area contributed by atoms with Gasteiger partial charge in [0.1, 0.15) is 0 Å². The lowest BCUT2D eigenvalue weighted by Gasteiger charge is -2.13. The first kappa shape index (κ1) is 13.2. The third-order valence-electron chi connectivity index (χ3n) is 3.31. The summed E-state index contributed by atoms with van der Waals surface area (Å²) in [4.78, 5) is 14.3. The van der Waals surface area contributed by atoms with Crippen LogP contribution in [0, 0.1) is 5.92 Å². The monoisotopic (exact) mass is 267 g/mol. The number of rotatable bonds is 3. The highest BCUT2D eigenvalue weighted by molar-refractivity contribution is 6.34. The molecule has 1 aliphatic rings. The molecule has 1 fully saturated rings. The van der Waals surface area contributed by atoms with E-state index < -0.39 is 0 Å². The van der Waals surface area contributed by atoms with Crippen LogP contribution in [0.5, 0.6) is 0 Å². The molecule has 4 nitrogen and oxygen atoms in total. The molecule has 1 aromatic rings. The molecule has 1 aromatic carbocycles. The number of anilines is 1. The van der Waals surface area contributed by atoms with Crippen LogP contribution < -0.4 is 11.1 Å². The van der Waals surface area contributed by atoms with Crippen LogP contribution in [0.4, 0.5) is 5.69 Å². The molecule has 0 saturated carbocycles. The van der Waals surface area contributed by atoms with Crippen LogP contribution in [0.25, 0.3) is 0 Å². The molecule has 1 unspecified atom stereocenters. The van der Waals surface area contributed by atoms with E-state index in [1.165, 1.54) is 0 Å². The summed E-state index contributed by atoms with van der Waals surface area (Å²) in [6.07, 6.45) is 1.12. The number of nitrogens with zero attached hydrogens (tertiary/aromatic N) is 1. The van der Waals surface area contributed by atoms with Gasteiger partial charge in [-0.2, -0.15) is 0 Å². The summed E-state index contributed by atoms with van der Waals surface area (Å²) < 4.78 is 0. The molecule has 0 aliphatic carbocycles. The molecule has 1 heterocycles. The molecule has 1 atom stereocenters. The van der Waals surface area contributed by atoms with Crippen molar-refractivity contribution in [2.45, 2.75) is 6.42 Å². The zero-order valence-corrected chi connectivity index (χ0v) is 11.2. The number of hydrogen-bond acceptors (Lipinski definition) is 3. The number of nitrogen functional groups attached to an aromatic ring is 1. The number of nitrogens with two attached hydrogens (primary N) is 1. The molecule has 1 aliphatic heterocycles. The first-order valence-corrected chi connectivity index (χ1v) is 6.46. The standard InChI is InChI=1S/C13H18ClN3O/c1-17-6-5-9(8-17)7-16-13(18)12-10(14)3-2-4-11(12)15/h2-4,9H,5-8,15H2,1H3,(H,16,18). The van der Waals surface area contributed by atoms with Crippen molar-refractivity contribution in [2.24, 2.45) is 5.92 Å². The Morgan fingerprint density at radius 1 is 1.61 bits per heavy atom. The third kappa shape index (κ3) is 2.94. The Morgan fingerprint density at radius 2 is 2.39 bits per heavy atom. The first-order valence-electron chi connectivity index (χ1n) is 6.08. The quantitative estimate of drug-likeness (QED) is 0.818. The molecule has 18 heavy (non-hydrogen) atoms. The van der Waals surface area contributed by atoms with Crippen LogP contribution in [0.2, 0.25) is 5.02 Å². The van der Waals surface area contributed by atoms with Gasteiger partial charge in [0.2, 0.25) is 0 Å². The number of carbonyl (C=O) groups excluding carboxylic acids is 1. The normalized spacial score (nSPS) is 20.0. The van der Waals surface area contributed by atoms with Crippen LogP contribution in [-0.2, 0) is 0 Å². The van der Waals surface area contributed by atoms with Gasteiger partial charge in [0.05, 0.1) is 10.6 Å². The Kier molecular flexibility index (Phi) is 4.09. The molecule has 0 bridgehead atoms. The highest BCUT2D eigenvalue weighted by Crippen LogP contribution is 2.22. The summed E-state index contributed by atoms with van der Waals surface area (Å²) in [5.74, 6) is 0.329. The van der Waals surface area contributed by atoms with E-state index in [0.29, 0.717) is 28.7 Å². The van der Waals surface area contributed by atoms with Gasteiger partial charge in [0.25, 0.3) is 5.91 Å². The maximum Gasteiger partial charge on any atom is 0.254 e. The number of hydrogen-bond donors (Lipinski definition) is 2. The molecule has 0 aromatic heterocycles. The third-order valence-corrected chi connectivity index (χ3v) is 3.63. The van der Waals surface area contributed by atoms with Gasteiger partial charge in [-0.3, -0.25) is 4.79 Å². The van der Waals surface area contributed by atoms with Crippen molar-refractivity contribution < 1.29 is 4.79 Å². The van der Waals surface area contributed by atoms with Gasteiger partial charge >= 0.3 is 0 Å². The van der Waals surface area contributed by atoms with Gasteiger partial charge in [0.15, 0.2) is 0 Å². The Balaban J connectivity index is 1.96. The predicted molar refractivity (Wildman–Crippen MR) is 73.8 cm³/mol. The molecule has 1 saturated heterocycles. The summed E-state index contributed by atoms with van der Waals surface area (Å²) >= 11 is 5.99. The average molecular weight is 268 g/mol. The molecular formula is C13H18ClN3O. The summed E-state index contributed by atoms with van der Waals surface area (Å²) in [6.45, 7) is 2.79. The fourth-order valence-corrected chi connectivity index (χ4v) is 2.57. The van der Waals surface area contributed by atoms with E-state index >= 15 is 0 Å². The highest BCUT2D eigenvalue weighted by atomic mass is 35.5. The molecule has 98 valence electrons. The minimum absolute atomic E-state index is 0.187. The van der Waals surface area contributed by atoms with Gasteiger partial charge in [-0.05, 0) is 38.1 Å². The topological polar surface area (TPSA) is 58.4 Å². The molecular weight excluding hydrogens is 250 g/mol. The van der Waals surface area contributed by atoms with Crippen molar-refractivity contribution in [3.63, 3.8) is 0 Å². The molecule has 1 amide bonds. The lowest BCUT2D eigenvalue weighted by Crippen LogP contribution is -2.31. The van der Waals surface area contributed by atoms with E-state index in [4.69, 9.17) is 17.3 Å². The molecule has 2 rings (SSSR count). The van der Waals surface area contributed by atoms with E-state index in [1.807, 2.05) is 0 Å². The second-order valence-electron chi connectivity index (χ2n) is 4.83. The number of amides is 1. The minimum atomic E-state index is -0.187. The Bertz CT molecular complexity index is 430. The summed E-state index contributed by atoms with van der Waals surface area (Å²) in [6, 6.07) is 5.10. The number of carbonyl (C=O) groups is 1. The van der Waals surface area contributed by atoms with Crippen LogP contribution >= 0.6 is 11.6 Å². The van der Waals surface area contributed by atoms with Gasteiger partial charge < -0.3 is 16.0 Å². The van der Waals surface area contributed by atoms with Crippen molar-refractivity contribution in [2.75, 3.05) is 32.4 Å². The second-order valence-corrected chi connectivity index (χ2v) is 5.24. The lowest BCUT2D eigenvalue weighted by molar-refractivity contribution is 0.0948. The predicted octanol–water partition coefficient (Wildman–Crippen LogP) is 1.60. The average Bonchev–Trinajstić information content (AvgIpc) is 2.72. The first-order chi connectivity index (χ1) is 8.58. The maximum atomic E-state index is 12.0. The van der Waals surface area contributed by atoms with Gasteiger partial charge in [-0.1, -0.05) is 17.7 Å². The largest absolute Gasteiger partial charge is 0.398 e. The van der Waals surface area contributed by atoms with Gasteiger partial charge in [-0.25, -0.2) is 0 Å². The summed E-state index contributed by atoms with van der Waals surface area (Å²) in [7, 11) is 2.09. The lowest BCUT2D eigenvalue weighted by atomic mass is 10.1. The van der Waals surface area contributed by atoms with Crippen molar-refractivity contribution in [1.29, 1.82) is 0 Å². The maximum absolute atomic E-state index is 12.0. The Morgan fingerprint density at radius 3 is 3.00 bits per heavy atom. The summed E-state index contributed by atoms with van der Waals surface area (Å²) in [5, 5.41) is 3.31. The Hall–Kier alpha value is -1.26. The van der Waals surface area contributed by atoms with Crippen LogP contribution in [0.3, 0.4) is 0 Å². The van der Waals surface area contributed by atoms with E-state index in [9.17, 15) is 4.79 Å².